The van der Waals surface area contributed by atoms with E-state index in [4.69, 9.17) is 16.3 Å². The molecule has 0 fully saturated rings. The van der Waals surface area contributed by atoms with Gasteiger partial charge in [0.25, 0.3) is 10.0 Å². The number of aryl methyl sites for hydroxylation is 2. The first-order valence-electron chi connectivity index (χ1n) is 8.18. The van der Waals surface area contributed by atoms with Gasteiger partial charge in [0.1, 0.15) is 0 Å². The zero-order valence-electron chi connectivity index (χ0n) is 14.6. The van der Waals surface area contributed by atoms with Gasteiger partial charge < -0.3 is 4.74 Å². The van der Waals surface area contributed by atoms with Crippen molar-refractivity contribution >= 4 is 21.6 Å². The standard InChI is InChI=1S/C20H20ClNO3S/c1-15-6-8-20(9-7-15)26(23,24)22-12-16(2)10-19(22)14-25-13-17-4-3-5-18(21)11-17/h3-12H,13-14H2,1-2H3. The number of halogens is 1. The lowest BCUT2D eigenvalue weighted by Gasteiger charge is -2.11. The maximum atomic E-state index is 12.9. The summed E-state index contributed by atoms with van der Waals surface area (Å²) in [4.78, 5) is 0.259. The average molecular weight is 390 g/mol. The molecule has 3 rings (SSSR count). The number of hydrogen-bond donors (Lipinski definition) is 0. The molecule has 0 N–H and O–H groups in total. The fraction of sp³-hybridized carbons (Fsp3) is 0.200. The van der Waals surface area contributed by atoms with E-state index in [0.717, 1.165) is 16.7 Å². The highest BCUT2D eigenvalue weighted by molar-refractivity contribution is 7.90. The number of benzene rings is 2. The van der Waals surface area contributed by atoms with Crippen molar-refractivity contribution in [3.8, 4) is 0 Å². The lowest BCUT2D eigenvalue weighted by Crippen LogP contribution is -2.15. The summed E-state index contributed by atoms with van der Waals surface area (Å²) in [7, 11) is -3.65. The first-order valence-corrected chi connectivity index (χ1v) is 10.0. The molecule has 6 heteroatoms. The van der Waals surface area contributed by atoms with Crippen molar-refractivity contribution in [1.82, 2.24) is 3.97 Å². The highest BCUT2D eigenvalue weighted by Gasteiger charge is 2.20. The second kappa shape index (κ2) is 7.66. The summed E-state index contributed by atoms with van der Waals surface area (Å²) in [5, 5.41) is 0.646. The topological polar surface area (TPSA) is 48.3 Å². The summed E-state index contributed by atoms with van der Waals surface area (Å²) in [5.74, 6) is 0. The quantitative estimate of drug-likeness (QED) is 0.613. The number of nitrogens with zero attached hydrogens (tertiary/aromatic N) is 1. The Kier molecular flexibility index (Phi) is 5.51. The van der Waals surface area contributed by atoms with E-state index in [1.165, 1.54) is 3.97 Å². The Bertz CT molecular complexity index is 1010. The molecule has 0 aliphatic heterocycles. The zero-order valence-corrected chi connectivity index (χ0v) is 16.2. The summed E-state index contributed by atoms with van der Waals surface area (Å²) in [6, 6.07) is 16.0. The number of aromatic nitrogens is 1. The molecule has 0 spiro atoms. The molecule has 1 heterocycles. The minimum absolute atomic E-state index is 0.186. The molecule has 26 heavy (non-hydrogen) atoms. The van der Waals surface area contributed by atoms with E-state index in [9.17, 15) is 8.42 Å². The Morgan fingerprint density at radius 1 is 0.962 bits per heavy atom. The third kappa shape index (κ3) is 4.18. The van der Waals surface area contributed by atoms with Crippen LogP contribution < -0.4 is 0 Å². The Morgan fingerprint density at radius 2 is 1.69 bits per heavy atom. The van der Waals surface area contributed by atoms with Crippen LogP contribution in [-0.4, -0.2) is 12.4 Å². The smallest absolute Gasteiger partial charge is 0.267 e. The van der Waals surface area contributed by atoms with Crippen molar-refractivity contribution in [2.75, 3.05) is 0 Å². The van der Waals surface area contributed by atoms with Crippen molar-refractivity contribution in [1.29, 1.82) is 0 Å². The molecule has 4 nitrogen and oxygen atoms in total. The Balaban J connectivity index is 1.80. The Hall–Kier alpha value is -2.08. The van der Waals surface area contributed by atoms with Gasteiger partial charge in [0.2, 0.25) is 0 Å². The third-order valence-corrected chi connectivity index (χ3v) is 5.94. The van der Waals surface area contributed by atoms with Crippen LogP contribution in [0.3, 0.4) is 0 Å². The highest BCUT2D eigenvalue weighted by atomic mass is 35.5. The monoisotopic (exact) mass is 389 g/mol. The van der Waals surface area contributed by atoms with Gasteiger partial charge in [-0.25, -0.2) is 12.4 Å². The van der Waals surface area contributed by atoms with Crippen LogP contribution in [-0.2, 0) is 28.0 Å². The summed E-state index contributed by atoms with van der Waals surface area (Å²) >= 11 is 5.97. The predicted octanol–water partition coefficient (Wildman–Crippen LogP) is 4.71. The van der Waals surface area contributed by atoms with Gasteiger partial charge in [-0.2, -0.15) is 0 Å². The van der Waals surface area contributed by atoms with Crippen LogP contribution in [0.15, 0.2) is 65.7 Å². The van der Waals surface area contributed by atoms with Crippen molar-refractivity contribution in [3.05, 3.63) is 88.2 Å². The summed E-state index contributed by atoms with van der Waals surface area (Å²) in [6.07, 6.45) is 1.62. The summed E-state index contributed by atoms with van der Waals surface area (Å²) in [6.45, 7) is 4.33. The van der Waals surface area contributed by atoms with E-state index in [-0.39, 0.29) is 11.5 Å². The molecule has 0 aliphatic rings. The minimum Gasteiger partial charge on any atom is -0.371 e. The second-order valence-electron chi connectivity index (χ2n) is 6.25. The van der Waals surface area contributed by atoms with Gasteiger partial charge in [0.15, 0.2) is 0 Å². The molecule has 1 aromatic heterocycles. The molecular weight excluding hydrogens is 370 g/mol. The van der Waals surface area contributed by atoms with E-state index in [2.05, 4.69) is 0 Å². The maximum absolute atomic E-state index is 12.9. The van der Waals surface area contributed by atoms with Crippen molar-refractivity contribution in [2.45, 2.75) is 32.0 Å². The average Bonchev–Trinajstić information content (AvgIpc) is 2.97. The molecule has 136 valence electrons. The molecule has 0 saturated heterocycles. The van der Waals surface area contributed by atoms with Crippen LogP contribution in [0.5, 0.6) is 0 Å². The summed E-state index contributed by atoms with van der Waals surface area (Å²) in [5.41, 5.74) is 3.40. The van der Waals surface area contributed by atoms with Crippen LogP contribution in [0.4, 0.5) is 0 Å². The molecule has 0 amide bonds. The van der Waals surface area contributed by atoms with Gasteiger partial charge in [-0.3, -0.25) is 0 Å². The number of hydrogen-bond acceptors (Lipinski definition) is 3. The van der Waals surface area contributed by atoms with E-state index >= 15 is 0 Å². The lowest BCUT2D eigenvalue weighted by molar-refractivity contribution is 0.104. The fourth-order valence-electron chi connectivity index (χ4n) is 2.68. The van der Waals surface area contributed by atoms with Gasteiger partial charge in [0, 0.05) is 11.2 Å². The van der Waals surface area contributed by atoms with Gasteiger partial charge in [0.05, 0.1) is 23.8 Å². The highest BCUT2D eigenvalue weighted by Crippen LogP contribution is 2.20. The molecular formula is C20H20ClNO3S. The van der Waals surface area contributed by atoms with Crippen molar-refractivity contribution in [3.63, 3.8) is 0 Å². The predicted molar refractivity (Wildman–Crippen MR) is 103 cm³/mol. The van der Waals surface area contributed by atoms with E-state index < -0.39 is 10.0 Å². The van der Waals surface area contributed by atoms with Crippen LogP contribution >= 0.6 is 11.6 Å². The SMILES string of the molecule is Cc1ccc(S(=O)(=O)n2cc(C)cc2COCc2cccc(Cl)c2)cc1. The molecule has 0 unspecified atom stereocenters. The third-order valence-electron chi connectivity index (χ3n) is 3.98. The first kappa shape index (κ1) is 18.7. The van der Waals surface area contributed by atoms with Crippen molar-refractivity contribution in [2.24, 2.45) is 0 Å². The molecule has 0 atom stereocenters. The van der Waals surface area contributed by atoms with Crippen LogP contribution in [0, 0.1) is 13.8 Å². The second-order valence-corrected chi connectivity index (χ2v) is 8.50. The molecule has 0 bridgehead atoms. The van der Waals surface area contributed by atoms with Crippen LogP contribution in [0.25, 0.3) is 0 Å². The maximum Gasteiger partial charge on any atom is 0.267 e. The van der Waals surface area contributed by atoms with Gasteiger partial charge >= 0.3 is 0 Å². The molecule has 0 radical (unpaired) electrons. The molecule has 0 aliphatic carbocycles. The Morgan fingerprint density at radius 3 is 2.38 bits per heavy atom. The van der Waals surface area contributed by atoms with E-state index in [0.29, 0.717) is 17.3 Å². The first-order chi connectivity index (χ1) is 12.4. The van der Waals surface area contributed by atoms with E-state index in [1.807, 2.05) is 38.1 Å². The van der Waals surface area contributed by atoms with Gasteiger partial charge in [-0.1, -0.05) is 41.4 Å². The fourth-order valence-corrected chi connectivity index (χ4v) is 4.32. The molecule has 3 aromatic rings. The number of ether oxygens (including phenoxy) is 1. The minimum atomic E-state index is -3.65. The molecule has 0 saturated carbocycles. The van der Waals surface area contributed by atoms with E-state index in [1.54, 1.807) is 36.5 Å². The number of rotatable bonds is 6. The largest absolute Gasteiger partial charge is 0.371 e. The Labute approximate surface area is 159 Å². The van der Waals surface area contributed by atoms with Crippen LogP contribution in [0.1, 0.15) is 22.4 Å². The molecule has 2 aromatic carbocycles. The zero-order chi connectivity index (χ0) is 18.7. The van der Waals surface area contributed by atoms with Gasteiger partial charge in [-0.15, -0.1) is 0 Å². The normalized spacial score (nSPS) is 11.7. The summed E-state index contributed by atoms with van der Waals surface area (Å²) < 4.78 is 32.9. The van der Waals surface area contributed by atoms with Crippen LogP contribution in [0.2, 0.25) is 5.02 Å². The lowest BCUT2D eigenvalue weighted by atomic mass is 10.2. The van der Waals surface area contributed by atoms with Gasteiger partial charge in [-0.05, 0) is 55.3 Å². The van der Waals surface area contributed by atoms with Crippen molar-refractivity contribution < 1.29 is 13.2 Å².